The maximum atomic E-state index is 2.18. The molecule has 0 spiro atoms. The van der Waals surface area contributed by atoms with E-state index in [4.69, 9.17) is 0 Å². The third-order valence-corrected chi connectivity index (χ3v) is 1.09. The largest absolute Gasteiger partial charge is 0.0557 e. The van der Waals surface area contributed by atoms with E-state index < -0.39 is 0 Å². The summed E-state index contributed by atoms with van der Waals surface area (Å²) in [5.41, 5.74) is 0. The van der Waals surface area contributed by atoms with Crippen LogP contribution in [0.1, 0.15) is 0 Å². The number of rotatable bonds is 1. The molecule has 0 saturated heterocycles. The number of halogens is 2. The summed E-state index contributed by atoms with van der Waals surface area (Å²) in [5, 5.41) is 0. The summed E-state index contributed by atoms with van der Waals surface area (Å²) in [5.74, 6) is 0. The standard InChI is InChI=1S/C4H4I2/c5-3-1-2-4-6/h1-4H/b3-1-,4-2+. The molecule has 0 heterocycles. The average molecular weight is 306 g/mol. The summed E-state index contributed by atoms with van der Waals surface area (Å²) >= 11 is 4.35. The molecule has 0 amide bonds. The normalized spacial score (nSPS) is 11.7. The molecule has 0 fully saturated rings. The predicted molar refractivity (Wildman–Crippen MR) is 46.3 cm³/mol. The Kier molecular flexibility index (Phi) is 6.87. The Morgan fingerprint density at radius 3 is 1.33 bits per heavy atom. The molecule has 0 unspecified atom stereocenters. The first kappa shape index (κ1) is 6.94. The Labute approximate surface area is 65.0 Å². The molecule has 0 nitrogen and oxygen atoms in total. The molecule has 0 aromatic rings. The van der Waals surface area contributed by atoms with Crippen molar-refractivity contribution < 1.29 is 0 Å². The highest BCUT2D eigenvalue weighted by Crippen LogP contribution is 1.87. The Balaban J connectivity index is 3.07. The molecule has 6 heavy (non-hydrogen) atoms. The summed E-state index contributed by atoms with van der Waals surface area (Å²) in [6.07, 6.45) is 3.96. The van der Waals surface area contributed by atoms with Crippen LogP contribution >= 0.6 is 45.2 Å². The maximum Gasteiger partial charge on any atom is -0.0234 e. The van der Waals surface area contributed by atoms with Gasteiger partial charge in [0.2, 0.25) is 0 Å². The lowest BCUT2D eigenvalue weighted by atomic mass is 10.6. The lowest BCUT2D eigenvalue weighted by Crippen LogP contribution is -1.33. The van der Waals surface area contributed by atoms with E-state index in [0.29, 0.717) is 0 Å². The van der Waals surface area contributed by atoms with Crippen LogP contribution in [-0.4, -0.2) is 0 Å². The van der Waals surface area contributed by atoms with Crippen LogP contribution in [0.2, 0.25) is 0 Å². The number of allylic oxidation sites excluding steroid dienone is 2. The van der Waals surface area contributed by atoms with Gasteiger partial charge < -0.3 is 0 Å². The molecular formula is C4H4I2. The van der Waals surface area contributed by atoms with E-state index in [2.05, 4.69) is 45.2 Å². The van der Waals surface area contributed by atoms with Gasteiger partial charge in [-0.3, -0.25) is 0 Å². The fourth-order valence-electron chi connectivity index (χ4n) is 0.0840. The van der Waals surface area contributed by atoms with Crippen molar-refractivity contribution in [3.05, 3.63) is 20.3 Å². The van der Waals surface area contributed by atoms with Crippen molar-refractivity contribution in [2.24, 2.45) is 0 Å². The van der Waals surface area contributed by atoms with E-state index in [1.165, 1.54) is 0 Å². The zero-order valence-corrected chi connectivity index (χ0v) is 7.38. The molecule has 0 rings (SSSR count). The highest BCUT2D eigenvalue weighted by atomic mass is 127. The van der Waals surface area contributed by atoms with Gasteiger partial charge in [-0.2, -0.15) is 0 Å². The minimum absolute atomic E-state index is 1.97. The van der Waals surface area contributed by atoms with Gasteiger partial charge in [-0.05, 0) is 8.17 Å². The second-order valence-corrected chi connectivity index (χ2v) is 2.08. The van der Waals surface area contributed by atoms with Gasteiger partial charge in [0.25, 0.3) is 0 Å². The summed E-state index contributed by atoms with van der Waals surface area (Å²) in [7, 11) is 0. The summed E-state index contributed by atoms with van der Waals surface area (Å²) in [6.45, 7) is 0. The van der Waals surface area contributed by atoms with Gasteiger partial charge in [-0.1, -0.05) is 57.3 Å². The smallest absolute Gasteiger partial charge is 0.0234 e. The molecule has 2 heteroatoms. The molecule has 34 valence electrons. The van der Waals surface area contributed by atoms with E-state index in [9.17, 15) is 0 Å². The highest BCUT2D eigenvalue weighted by molar-refractivity contribution is 14.1. The lowest BCUT2D eigenvalue weighted by Gasteiger charge is -1.60. The van der Waals surface area contributed by atoms with Crippen LogP contribution in [-0.2, 0) is 0 Å². The van der Waals surface area contributed by atoms with Crippen LogP contribution in [0.25, 0.3) is 0 Å². The van der Waals surface area contributed by atoms with E-state index in [0.717, 1.165) is 0 Å². The highest BCUT2D eigenvalue weighted by Gasteiger charge is 1.51. The summed E-state index contributed by atoms with van der Waals surface area (Å²) < 4.78 is 3.93. The van der Waals surface area contributed by atoms with Crippen molar-refractivity contribution >= 4 is 45.2 Å². The van der Waals surface area contributed by atoms with Crippen molar-refractivity contribution in [3.8, 4) is 0 Å². The molecule has 0 aromatic carbocycles. The maximum absolute atomic E-state index is 2.18. The third kappa shape index (κ3) is 4.94. The molecule has 0 aliphatic rings. The summed E-state index contributed by atoms with van der Waals surface area (Å²) in [4.78, 5) is 0. The van der Waals surface area contributed by atoms with Crippen LogP contribution in [0.5, 0.6) is 0 Å². The van der Waals surface area contributed by atoms with Gasteiger partial charge in [-0.15, -0.1) is 0 Å². The van der Waals surface area contributed by atoms with Crippen molar-refractivity contribution in [1.82, 2.24) is 0 Å². The zero-order valence-electron chi connectivity index (χ0n) is 3.07. The minimum atomic E-state index is 1.97. The van der Waals surface area contributed by atoms with E-state index in [1.807, 2.05) is 20.3 Å². The Morgan fingerprint density at radius 2 is 1.17 bits per heavy atom. The fraction of sp³-hybridized carbons (Fsp3) is 0. The molecule has 0 atom stereocenters. The predicted octanol–water partition coefficient (Wildman–Crippen LogP) is 2.88. The van der Waals surface area contributed by atoms with Gasteiger partial charge in [0.05, 0.1) is 0 Å². The Hall–Kier alpha value is 0.940. The third-order valence-electron chi connectivity index (χ3n) is 0.257. The average Bonchev–Trinajstić information content (AvgIpc) is 1.61. The topological polar surface area (TPSA) is 0 Å². The summed E-state index contributed by atoms with van der Waals surface area (Å²) in [6, 6.07) is 0. The number of hydrogen-bond acceptors (Lipinski definition) is 0. The molecule has 0 aliphatic heterocycles. The molecular weight excluding hydrogens is 302 g/mol. The minimum Gasteiger partial charge on any atom is -0.0557 e. The van der Waals surface area contributed by atoms with Crippen molar-refractivity contribution in [2.75, 3.05) is 0 Å². The first-order valence-corrected chi connectivity index (χ1v) is 3.93. The molecule has 0 radical (unpaired) electrons. The molecule has 0 aromatic heterocycles. The lowest BCUT2D eigenvalue weighted by molar-refractivity contribution is 2.13. The second-order valence-electron chi connectivity index (χ2n) is 0.637. The van der Waals surface area contributed by atoms with Crippen LogP contribution in [0.15, 0.2) is 20.3 Å². The molecule has 0 N–H and O–H groups in total. The Bertz CT molecular complexity index is 53.9. The van der Waals surface area contributed by atoms with E-state index in [-0.39, 0.29) is 0 Å². The van der Waals surface area contributed by atoms with Crippen LogP contribution in [0.3, 0.4) is 0 Å². The second kappa shape index (κ2) is 5.94. The van der Waals surface area contributed by atoms with E-state index >= 15 is 0 Å². The van der Waals surface area contributed by atoms with Crippen molar-refractivity contribution in [2.45, 2.75) is 0 Å². The van der Waals surface area contributed by atoms with Gasteiger partial charge >= 0.3 is 0 Å². The Morgan fingerprint density at radius 1 is 0.833 bits per heavy atom. The SMILES string of the molecule is I/C=C\C=C\I. The van der Waals surface area contributed by atoms with Crippen LogP contribution in [0.4, 0.5) is 0 Å². The van der Waals surface area contributed by atoms with Gasteiger partial charge in [0.1, 0.15) is 0 Å². The van der Waals surface area contributed by atoms with Crippen molar-refractivity contribution in [1.29, 1.82) is 0 Å². The molecule has 0 aliphatic carbocycles. The monoisotopic (exact) mass is 306 g/mol. The van der Waals surface area contributed by atoms with Crippen molar-refractivity contribution in [3.63, 3.8) is 0 Å². The van der Waals surface area contributed by atoms with E-state index in [1.54, 1.807) is 0 Å². The van der Waals surface area contributed by atoms with Gasteiger partial charge in [-0.25, -0.2) is 0 Å². The van der Waals surface area contributed by atoms with Gasteiger partial charge in [0.15, 0.2) is 0 Å². The number of hydrogen-bond donors (Lipinski definition) is 0. The molecule has 0 saturated carbocycles. The quantitative estimate of drug-likeness (QED) is 0.516. The van der Waals surface area contributed by atoms with Crippen LogP contribution < -0.4 is 0 Å². The van der Waals surface area contributed by atoms with Crippen LogP contribution in [0, 0.1) is 0 Å². The first-order valence-electron chi connectivity index (χ1n) is 1.44. The van der Waals surface area contributed by atoms with Gasteiger partial charge in [0, 0.05) is 0 Å². The molecule has 0 bridgehead atoms. The first-order chi connectivity index (χ1) is 2.91. The zero-order chi connectivity index (χ0) is 4.83. The fourth-order valence-corrected chi connectivity index (χ4v) is 0.563.